The van der Waals surface area contributed by atoms with Gasteiger partial charge in [-0.2, -0.15) is 0 Å². The van der Waals surface area contributed by atoms with Crippen LogP contribution in [-0.4, -0.2) is 22.4 Å². The summed E-state index contributed by atoms with van der Waals surface area (Å²) in [6.07, 6.45) is 0.195. The minimum absolute atomic E-state index is 0.195. The molecule has 1 heterocycles. The molecule has 17 heavy (non-hydrogen) atoms. The van der Waals surface area contributed by atoms with Gasteiger partial charge in [0.1, 0.15) is 0 Å². The molecule has 6 heteroatoms. The number of aliphatic carboxylic acids is 1. The summed E-state index contributed by atoms with van der Waals surface area (Å²) in [5.41, 5.74) is -0.0422. The topological polar surface area (TPSA) is 58.9 Å². The van der Waals surface area contributed by atoms with Crippen LogP contribution in [0.15, 0.2) is 23.4 Å². The largest absolute Gasteiger partial charge is 0.478 e. The number of hydrogen-bond acceptors (Lipinski definition) is 3. The first kappa shape index (κ1) is 12.2. The van der Waals surface area contributed by atoms with Crippen LogP contribution >= 0.6 is 23.2 Å². The Morgan fingerprint density at radius 1 is 1.47 bits per heavy atom. The van der Waals surface area contributed by atoms with Gasteiger partial charge in [-0.15, -0.1) is 0 Å². The van der Waals surface area contributed by atoms with Crippen LogP contribution in [0, 0.1) is 0 Å². The van der Waals surface area contributed by atoms with Crippen LogP contribution in [-0.2, 0) is 9.63 Å². The Labute approximate surface area is 108 Å². The van der Waals surface area contributed by atoms with Crippen LogP contribution in [0.2, 0.25) is 10.0 Å². The molecule has 4 nitrogen and oxygen atoms in total. The summed E-state index contributed by atoms with van der Waals surface area (Å²) in [5.74, 6) is -1.05. The van der Waals surface area contributed by atoms with Crippen molar-refractivity contribution in [2.24, 2.45) is 5.16 Å². The van der Waals surface area contributed by atoms with Gasteiger partial charge in [0.15, 0.2) is 0 Å². The molecule has 0 aliphatic carbocycles. The first-order chi connectivity index (χ1) is 7.92. The Hall–Kier alpha value is -1.26. The molecule has 0 spiro atoms. The maximum atomic E-state index is 11.0. The van der Waals surface area contributed by atoms with Gasteiger partial charge in [-0.05, 0) is 19.1 Å². The van der Waals surface area contributed by atoms with Crippen molar-refractivity contribution in [2.75, 3.05) is 0 Å². The van der Waals surface area contributed by atoms with Crippen molar-refractivity contribution in [2.45, 2.75) is 18.9 Å². The molecule has 1 aliphatic rings. The molecule has 1 atom stereocenters. The van der Waals surface area contributed by atoms with E-state index in [-0.39, 0.29) is 6.42 Å². The maximum absolute atomic E-state index is 11.0. The van der Waals surface area contributed by atoms with E-state index in [4.69, 9.17) is 33.1 Å². The fourth-order valence-corrected chi connectivity index (χ4v) is 1.78. The van der Waals surface area contributed by atoms with E-state index in [1.807, 2.05) is 0 Å². The first-order valence-electron chi connectivity index (χ1n) is 4.86. The molecule has 0 fully saturated rings. The lowest BCUT2D eigenvalue weighted by Crippen LogP contribution is -2.35. The molecule has 1 N–H and O–H groups in total. The number of oxime groups is 1. The highest BCUT2D eigenvalue weighted by molar-refractivity contribution is 6.42. The van der Waals surface area contributed by atoms with Gasteiger partial charge in [-0.3, -0.25) is 0 Å². The van der Waals surface area contributed by atoms with Gasteiger partial charge in [0.05, 0.1) is 15.8 Å². The summed E-state index contributed by atoms with van der Waals surface area (Å²) in [5, 5.41) is 13.6. The number of carboxylic acids is 1. The van der Waals surface area contributed by atoms with Crippen LogP contribution in [0.4, 0.5) is 0 Å². The Morgan fingerprint density at radius 2 is 2.18 bits per heavy atom. The molecular weight excluding hydrogens is 265 g/mol. The summed E-state index contributed by atoms with van der Waals surface area (Å²) in [6, 6.07) is 5.00. The molecule has 0 saturated carbocycles. The van der Waals surface area contributed by atoms with Crippen molar-refractivity contribution in [3.05, 3.63) is 33.8 Å². The smallest absolute Gasteiger partial charge is 0.351 e. The minimum atomic E-state index is -1.30. The van der Waals surface area contributed by atoms with Crippen LogP contribution in [0.5, 0.6) is 0 Å². The number of nitrogens with zero attached hydrogens (tertiary/aromatic N) is 1. The fourth-order valence-electron chi connectivity index (χ4n) is 1.48. The molecule has 2 rings (SSSR count). The lowest BCUT2D eigenvalue weighted by molar-refractivity contribution is -0.160. The van der Waals surface area contributed by atoms with Gasteiger partial charge in [0.2, 0.25) is 5.60 Å². The Balaban J connectivity index is 2.26. The van der Waals surface area contributed by atoms with E-state index in [0.29, 0.717) is 21.3 Å². The zero-order valence-electron chi connectivity index (χ0n) is 8.91. The molecular formula is C11H9Cl2NO3. The molecule has 0 saturated heterocycles. The number of hydrogen-bond donors (Lipinski definition) is 1. The normalized spacial score (nSPS) is 23.1. The van der Waals surface area contributed by atoms with Gasteiger partial charge in [0, 0.05) is 12.0 Å². The quantitative estimate of drug-likeness (QED) is 0.901. The number of carboxylic acid groups (broad SMARTS) is 1. The molecule has 0 bridgehead atoms. The summed E-state index contributed by atoms with van der Waals surface area (Å²) >= 11 is 11.7. The third kappa shape index (κ3) is 2.23. The fraction of sp³-hybridized carbons (Fsp3) is 0.273. The van der Waals surface area contributed by atoms with E-state index < -0.39 is 11.6 Å². The third-order valence-corrected chi connectivity index (χ3v) is 3.31. The zero-order chi connectivity index (χ0) is 12.6. The van der Waals surface area contributed by atoms with E-state index in [2.05, 4.69) is 5.16 Å². The molecule has 90 valence electrons. The van der Waals surface area contributed by atoms with Gasteiger partial charge in [-0.25, -0.2) is 4.79 Å². The predicted octanol–water partition coefficient (Wildman–Crippen LogP) is 2.96. The van der Waals surface area contributed by atoms with Crippen molar-refractivity contribution in [3.63, 3.8) is 0 Å². The second kappa shape index (κ2) is 4.20. The van der Waals surface area contributed by atoms with E-state index in [0.717, 1.165) is 0 Å². The predicted molar refractivity (Wildman–Crippen MR) is 64.7 cm³/mol. The number of carbonyl (C=O) groups is 1. The maximum Gasteiger partial charge on any atom is 0.351 e. The van der Waals surface area contributed by atoms with Crippen LogP contribution in [0.1, 0.15) is 18.9 Å². The average Bonchev–Trinajstić information content (AvgIpc) is 2.67. The van der Waals surface area contributed by atoms with Crippen molar-refractivity contribution in [1.82, 2.24) is 0 Å². The third-order valence-electron chi connectivity index (χ3n) is 2.57. The van der Waals surface area contributed by atoms with Crippen LogP contribution in [0.25, 0.3) is 0 Å². The molecule has 1 aromatic carbocycles. The van der Waals surface area contributed by atoms with Crippen molar-refractivity contribution >= 4 is 34.9 Å². The molecule has 0 aromatic heterocycles. The van der Waals surface area contributed by atoms with Crippen LogP contribution in [0.3, 0.4) is 0 Å². The van der Waals surface area contributed by atoms with Crippen LogP contribution < -0.4 is 0 Å². The number of rotatable bonds is 2. The highest BCUT2D eigenvalue weighted by Crippen LogP contribution is 2.29. The van der Waals surface area contributed by atoms with Gasteiger partial charge in [0.25, 0.3) is 0 Å². The Bertz CT molecular complexity index is 515. The standard InChI is InChI=1S/C11H9Cl2NO3/c1-11(10(15)16)5-9(14-17-11)6-2-3-7(12)8(13)4-6/h2-4H,5H2,1H3,(H,15,16)/t11-/m0/s1. The lowest BCUT2D eigenvalue weighted by Gasteiger charge is -2.14. The summed E-state index contributed by atoms with van der Waals surface area (Å²) < 4.78 is 0. The Morgan fingerprint density at radius 3 is 2.71 bits per heavy atom. The van der Waals surface area contributed by atoms with Gasteiger partial charge < -0.3 is 9.94 Å². The highest BCUT2D eigenvalue weighted by atomic mass is 35.5. The molecule has 0 unspecified atom stereocenters. The summed E-state index contributed by atoms with van der Waals surface area (Å²) in [7, 11) is 0. The average molecular weight is 274 g/mol. The number of halogens is 2. The SMILES string of the molecule is C[C@@]1(C(=O)O)CC(c2ccc(Cl)c(Cl)c2)=NO1. The number of benzene rings is 1. The Kier molecular flexibility index (Phi) is 3.02. The highest BCUT2D eigenvalue weighted by Gasteiger charge is 2.42. The van der Waals surface area contributed by atoms with E-state index in [9.17, 15) is 4.79 Å². The van der Waals surface area contributed by atoms with Gasteiger partial charge in [-0.1, -0.05) is 34.4 Å². The summed E-state index contributed by atoms with van der Waals surface area (Å²) in [6.45, 7) is 1.48. The second-order valence-electron chi connectivity index (χ2n) is 3.97. The second-order valence-corrected chi connectivity index (χ2v) is 4.79. The summed E-state index contributed by atoms with van der Waals surface area (Å²) in [4.78, 5) is 15.9. The first-order valence-corrected chi connectivity index (χ1v) is 5.62. The van der Waals surface area contributed by atoms with Gasteiger partial charge >= 0.3 is 5.97 Å². The van der Waals surface area contributed by atoms with Crippen molar-refractivity contribution in [1.29, 1.82) is 0 Å². The monoisotopic (exact) mass is 273 g/mol. The van der Waals surface area contributed by atoms with E-state index >= 15 is 0 Å². The minimum Gasteiger partial charge on any atom is -0.478 e. The molecule has 0 radical (unpaired) electrons. The van der Waals surface area contributed by atoms with Crippen molar-refractivity contribution in [3.8, 4) is 0 Å². The lowest BCUT2D eigenvalue weighted by atomic mass is 9.96. The molecule has 1 aromatic rings. The van der Waals surface area contributed by atoms with Crippen molar-refractivity contribution < 1.29 is 14.7 Å². The zero-order valence-corrected chi connectivity index (χ0v) is 10.4. The molecule has 0 amide bonds. The molecule has 1 aliphatic heterocycles. The van der Waals surface area contributed by atoms with E-state index in [1.165, 1.54) is 6.92 Å². The van der Waals surface area contributed by atoms with E-state index in [1.54, 1.807) is 18.2 Å².